The van der Waals surface area contributed by atoms with Crippen LogP contribution in [-0.4, -0.2) is 92.6 Å². The molecule has 53 heavy (non-hydrogen) atoms. The molecule has 14 heteroatoms. The van der Waals surface area contributed by atoms with Crippen LogP contribution in [0.1, 0.15) is 78.8 Å². The van der Waals surface area contributed by atoms with E-state index in [0.29, 0.717) is 50.2 Å². The van der Waals surface area contributed by atoms with Crippen molar-refractivity contribution in [2.24, 2.45) is 23.2 Å². The minimum Gasteiger partial charge on any atom is -0.497 e. The molecule has 2 saturated carbocycles. The average Bonchev–Trinajstić information content (AvgIpc) is 3.81. The zero-order valence-electron chi connectivity index (χ0n) is 30.5. The van der Waals surface area contributed by atoms with Crippen LogP contribution in [0.5, 0.6) is 5.75 Å². The first-order valence-electron chi connectivity index (χ1n) is 18.9. The molecule has 2 bridgehead atoms. The highest BCUT2D eigenvalue weighted by molar-refractivity contribution is 7.87. The summed E-state index contributed by atoms with van der Waals surface area (Å²) in [7, 11) is 0.298. The normalized spacial score (nSPS) is 26.5. The molecule has 2 aliphatic carbocycles. The van der Waals surface area contributed by atoms with Crippen molar-refractivity contribution in [1.82, 2.24) is 23.4 Å². The van der Waals surface area contributed by atoms with E-state index < -0.39 is 27.8 Å². The van der Waals surface area contributed by atoms with Gasteiger partial charge in [-0.3, -0.25) is 9.59 Å². The summed E-state index contributed by atoms with van der Waals surface area (Å²) in [6.07, 6.45) is 3.64. The van der Waals surface area contributed by atoms with Crippen molar-refractivity contribution >= 4 is 32.9 Å². The summed E-state index contributed by atoms with van der Waals surface area (Å²) in [5, 5.41) is 0.985. The Morgan fingerprint density at radius 3 is 2.28 bits per heavy atom. The standard InChI is InChI=1S/C39H48F3N5O5S/c1-44(2)53(50,51)43-36(48)27-11-13-32-33(17-27)47-23-38(37(49)45-19-24-9-10-25(20-45)22-46(21-24)39(40,41)42)18-29(38)15-28-16-30(52-3)12-14-31(28)35(47)34(32)26-7-5-4-6-8-26/h11-14,16-17,24-26,29H,4-10,15,18-23H2,1-3H3,(H,43,48)/t24-,25+,29-,38+/m1/s1. The molecule has 3 aliphatic heterocycles. The first-order chi connectivity index (χ1) is 25.2. The van der Waals surface area contributed by atoms with Crippen LogP contribution in [0.25, 0.3) is 22.2 Å². The van der Waals surface area contributed by atoms with Crippen molar-refractivity contribution in [2.45, 2.75) is 76.6 Å². The molecule has 2 saturated heterocycles. The first-order valence-corrected chi connectivity index (χ1v) is 20.3. The van der Waals surface area contributed by atoms with Gasteiger partial charge in [-0.25, -0.2) is 9.62 Å². The second-order valence-electron chi connectivity index (χ2n) is 16.3. The Labute approximate surface area is 308 Å². The maximum absolute atomic E-state index is 15.0. The predicted octanol–water partition coefficient (Wildman–Crippen LogP) is 6.15. The lowest BCUT2D eigenvalue weighted by molar-refractivity contribution is -0.251. The molecular formula is C39H48F3N5O5S. The van der Waals surface area contributed by atoms with Gasteiger partial charge in [0.15, 0.2) is 0 Å². The van der Waals surface area contributed by atoms with Crippen LogP contribution >= 0.6 is 0 Å². The van der Waals surface area contributed by atoms with E-state index in [2.05, 4.69) is 21.4 Å². The maximum atomic E-state index is 15.0. The van der Waals surface area contributed by atoms with E-state index in [1.165, 1.54) is 26.1 Å². The second kappa shape index (κ2) is 13.3. The van der Waals surface area contributed by atoms with Gasteiger partial charge in [-0.05, 0) is 104 Å². The molecule has 2 aromatic carbocycles. The van der Waals surface area contributed by atoms with Crippen LogP contribution in [0.4, 0.5) is 13.2 Å². The number of likely N-dealkylation sites (tertiary alicyclic amines) is 2. The maximum Gasteiger partial charge on any atom is 0.459 e. The Balaban J connectivity index is 1.26. The highest BCUT2D eigenvalue weighted by Gasteiger charge is 2.62. The Morgan fingerprint density at radius 1 is 0.943 bits per heavy atom. The number of nitrogens with one attached hydrogen (secondary N) is 1. The molecule has 5 aliphatic rings. The quantitative estimate of drug-likeness (QED) is 0.303. The molecule has 1 aromatic heterocycles. The fourth-order valence-corrected chi connectivity index (χ4v) is 10.4. The van der Waals surface area contributed by atoms with Gasteiger partial charge in [0.2, 0.25) is 5.91 Å². The average molecular weight is 756 g/mol. The van der Waals surface area contributed by atoms with Crippen molar-refractivity contribution in [1.29, 1.82) is 0 Å². The number of nitrogens with zero attached hydrogens (tertiary/aromatic N) is 4. The third-order valence-electron chi connectivity index (χ3n) is 12.8. The Kier molecular flexibility index (Phi) is 9.12. The van der Waals surface area contributed by atoms with Crippen LogP contribution in [0.2, 0.25) is 0 Å². The lowest BCUT2D eigenvalue weighted by atomic mass is 9.80. The summed E-state index contributed by atoms with van der Waals surface area (Å²) >= 11 is 0. The van der Waals surface area contributed by atoms with Crippen molar-refractivity contribution in [3.05, 3.63) is 53.1 Å². The van der Waals surface area contributed by atoms with Gasteiger partial charge in [-0.1, -0.05) is 25.3 Å². The van der Waals surface area contributed by atoms with E-state index in [9.17, 15) is 26.4 Å². The monoisotopic (exact) mass is 755 g/mol. The minimum atomic E-state index is -4.39. The fraction of sp³-hybridized carbons (Fsp3) is 0.590. The summed E-state index contributed by atoms with van der Waals surface area (Å²) < 4.78 is 77.9. The third-order valence-corrected chi connectivity index (χ3v) is 14.2. The van der Waals surface area contributed by atoms with Crippen LogP contribution in [0.3, 0.4) is 0 Å². The molecule has 1 N–H and O–H groups in total. The van der Waals surface area contributed by atoms with E-state index in [1.807, 2.05) is 17.0 Å². The molecule has 4 atom stereocenters. The van der Waals surface area contributed by atoms with Crippen LogP contribution in [-0.2, 0) is 28.0 Å². The number of carbonyl (C=O) groups is 2. The summed E-state index contributed by atoms with van der Waals surface area (Å²) in [6, 6.07) is 11.5. The highest BCUT2D eigenvalue weighted by Crippen LogP contribution is 2.60. The summed E-state index contributed by atoms with van der Waals surface area (Å²) in [5.74, 6) is -0.278. The third kappa shape index (κ3) is 6.52. The number of benzene rings is 2. The molecule has 4 fully saturated rings. The van der Waals surface area contributed by atoms with Gasteiger partial charge in [0.05, 0.1) is 18.2 Å². The largest absolute Gasteiger partial charge is 0.497 e. The number of methoxy groups -OCH3 is 1. The van der Waals surface area contributed by atoms with Crippen molar-refractivity contribution < 1.29 is 35.9 Å². The number of rotatable bonds is 6. The topological polar surface area (TPSA) is 104 Å². The van der Waals surface area contributed by atoms with Crippen LogP contribution < -0.4 is 9.46 Å². The Bertz CT molecular complexity index is 2040. The lowest BCUT2D eigenvalue weighted by Gasteiger charge is -2.37. The first kappa shape index (κ1) is 36.4. The molecule has 0 radical (unpaired) electrons. The highest BCUT2D eigenvalue weighted by atomic mass is 32.2. The van der Waals surface area contributed by atoms with E-state index in [4.69, 9.17) is 4.74 Å². The van der Waals surface area contributed by atoms with Crippen LogP contribution in [0, 0.1) is 23.2 Å². The summed E-state index contributed by atoms with van der Waals surface area (Å²) in [5.41, 5.74) is 4.54. The number of fused-ring (bicyclic) bond motifs is 9. The summed E-state index contributed by atoms with van der Waals surface area (Å²) in [4.78, 5) is 31.0. The molecule has 10 nitrogen and oxygen atoms in total. The number of halogens is 3. The van der Waals surface area contributed by atoms with Gasteiger partial charge in [-0.15, -0.1) is 0 Å². The molecule has 0 spiro atoms. The molecule has 286 valence electrons. The van der Waals surface area contributed by atoms with Crippen molar-refractivity contribution in [2.75, 3.05) is 47.4 Å². The van der Waals surface area contributed by atoms with Crippen LogP contribution in [0.15, 0.2) is 36.4 Å². The molecule has 0 unspecified atom stereocenters. The number of amides is 2. The molecular weight excluding hydrogens is 708 g/mol. The van der Waals surface area contributed by atoms with Gasteiger partial charge in [0, 0.05) is 68.8 Å². The van der Waals surface area contributed by atoms with Gasteiger partial charge >= 0.3 is 16.5 Å². The Morgan fingerprint density at radius 2 is 1.64 bits per heavy atom. The van der Waals surface area contributed by atoms with E-state index >= 15 is 4.79 Å². The summed E-state index contributed by atoms with van der Waals surface area (Å²) in [6.45, 7) is 0.774. The van der Waals surface area contributed by atoms with Crippen molar-refractivity contribution in [3.8, 4) is 17.0 Å². The smallest absolute Gasteiger partial charge is 0.459 e. The number of hydrogen-bond acceptors (Lipinski definition) is 6. The number of hydrogen-bond donors (Lipinski definition) is 1. The number of carbonyl (C=O) groups excluding carboxylic acids is 2. The van der Waals surface area contributed by atoms with Gasteiger partial charge in [-0.2, -0.15) is 25.9 Å². The zero-order valence-corrected chi connectivity index (χ0v) is 31.4. The minimum absolute atomic E-state index is 0.00388. The van der Waals surface area contributed by atoms with Crippen molar-refractivity contribution in [3.63, 3.8) is 0 Å². The number of ether oxygens (including phenoxy) is 1. The Hall–Kier alpha value is -3.62. The number of alkyl halides is 3. The van der Waals surface area contributed by atoms with E-state index in [0.717, 1.165) is 63.5 Å². The molecule has 3 aromatic rings. The van der Waals surface area contributed by atoms with Gasteiger partial charge in [0.1, 0.15) is 5.75 Å². The molecule has 8 rings (SSSR count). The number of aromatic nitrogens is 1. The fourth-order valence-electron chi connectivity index (χ4n) is 9.90. The molecule has 4 heterocycles. The van der Waals surface area contributed by atoms with Gasteiger partial charge in [0.25, 0.3) is 5.91 Å². The molecule has 2 amide bonds. The van der Waals surface area contributed by atoms with Gasteiger partial charge < -0.3 is 14.2 Å². The predicted molar refractivity (Wildman–Crippen MR) is 194 cm³/mol. The van der Waals surface area contributed by atoms with E-state index in [1.54, 1.807) is 19.2 Å². The zero-order chi connectivity index (χ0) is 37.4. The van der Waals surface area contributed by atoms with E-state index in [-0.39, 0.29) is 48.2 Å². The second-order valence-corrected chi connectivity index (χ2v) is 18.2. The SMILES string of the molecule is COc1ccc2c(c1)C[C@@H]1C[C@]1(C(=O)N1C[C@H]3CC[C@@H](C1)CN(C(F)(F)F)C3)Cn1c-2c(C2CCCCC2)c2ccc(C(=O)NS(=O)(=O)N(C)C)cc21. The lowest BCUT2D eigenvalue weighted by Crippen LogP contribution is -2.51.